The molecule has 0 saturated heterocycles. The number of aryl methyl sites for hydroxylation is 1. The van der Waals surface area contributed by atoms with Gasteiger partial charge in [0.2, 0.25) is 21.8 Å². The van der Waals surface area contributed by atoms with Gasteiger partial charge in [-0.3, -0.25) is 28.2 Å². The van der Waals surface area contributed by atoms with Gasteiger partial charge in [-0.2, -0.15) is 24.0 Å². The standard InChI is InChI=1S/C40H36ClF6N9O5S/c1-54-33-27(9-8-25(41)31(33)37(52-54)53-62(2,59)60)56-38(50-36-22(39(56)58)7-10-29(49-36)61-17-18-5-3-4-6-18)26(13-19-11-20(42)14-21(43)12-19)48-28(57)16-55-34-30(32(51-55)35(44)45)23-15-24(23)40(34,46)47/h7-12,14,18,23-24,26,35H,3-6,13,15-17H2,1-2H3,(H,48,57)(H,52,53)/t23-,24+,26-/m0/s1. The van der Waals surface area contributed by atoms with Crippen molar-refractivity contribution in [1.29, 1.82) is 0 Å². The van der Waals surface area contributed by atoms with E-state index in [1.807, 2.05) is 0 Å². The summed E-state index contributed by atoms with van der Waals surface area (Å²) in [6, 6.07) is 6.75. The first-order valence-corrected chi connectivity index (χ1v) is 21.9. The Labute approximate surface area is 353 Å². The van der Waals surface area contributed by atoms with Crippen molar-refractivity contribution in [3.8, 4) is 11.6 Å². The second-order valence-electron chi connectivity index (χ2n) is 16.0. The van der Waals surface area contributed by atoms with E-state index < -0.39 is 87.7 Å². The number of sulfonamides is 1. The number of hydrogen-bond donors (Lipinski definition) is 2. The van der Waals surface area contributed by atoms with Crippen LogP contribution in [0.25, 0.3) is 27.6 Å². The summed E-state index contributed by atoms with van der Waals surface area (Å²) in [6.07, 6.45) is 1.28. The number of alkyl halides is 4. The van der Waals surface area contributed by atoms with E-state index in [1.54, 1.807) is 0 Å². The molecule has 4 heterocycles. The molecule has 14 nitrogen and oxygen atoms in total. The molecule has 0 unspecified atom stereocenters. The molecule has 0 aliphatic heterocycles. The van der Waals surface area contributed by atoms with Crippen molar-refractivity contribution in [2.75, 3.05) is 17.6 Å². The van der Waals surface area contributed by atoms with E-state index in [4.69, 9.17) is 21.3 Å². The summed E-state index contributed by atoms with van der Waals surface area (Å²) in [5, 5.41) is 10.7. The van der Waals surface area contributed by atoms with Gasteiger partial charge in [0.15, 0.2) is 11.5 Å². The van der Waals surface area contributed by atoms with E-state index in [1.165, 1.54) is 36.0 Å². The number of carbonyl (C=O) groups is 1. The van der Waals surface area contributed by atoms with Crippen LogP contribution in [0.5, 0.6) is 5.88 Å². The summed E-state index contributed by atoms with van der Waals surface area (Å²) < 4.78 is 125. The molecule has 4 aromatic heterocycles. The number of ether oxygens (including phenoxy) is 1. The fraction of sp³-hybridized carbons (Fsp3) is 0.400. The number of nitrogens with one attached hydrogen (secondary N) is 2. The first-order valence-electron chi connectivity index (χ1n) is 19.6. The van der Waals surface area contributed by atoms with E-state index in [2.05, 4.69) is 25.2 Å². The maximum absolute atomic E-state index is 15.5. The van der Waals surface area contributed by atoms with Gasteiger partial charge in [-0.15, -0.1) is 0 Å². The van der Waals surface area contributed by atoms with Crippen molar-refractivity contribution in [3.05, 3.63) is 97.8 Å². The number of pyridine rings is 1. The lowest BCUT2D eigenvalue weighted by molar-refractivity contribution is -0.123. The second kappa shape index (κ2) is 15.3. The zero-order valence-corrected chi connectivity index (χ0v) is 34.4. The van der Waals surface area contributed by atoms with Crippen LogP contribution in [0.2, 0.25) is 5.02 Å². The molecule has 0 radical (unpaired) electrons. The van der Waals surface area contributed by atoms with Crippen LogP contribution in [0.4, 0.5) is 32.2 Å². The fourth-order valence-corrected chi connectivity index (χ4v) is 9.64. The van der Waals surface area contributed by atoms with Gasteiger partial charge in [0, 0.05) is 37.1 Å². The van der Waals surface area contributed by atoms with Crippen LogP contribution in [0.15, 0.2) is 47.3 Å². The normalized spacial score (nSPS) is 18.7. The molecule has 1 amide bonds. The van der Waals surface area contributed by atoms with Crippen molar-refractivity contribution < 1.29 is 44.3 Å². The predicted octanol–water partition coefficient (Wildman–Crippen LogP) is 6.98. The maximum atomic E-state index is 15.5. The number of benzene rings is 2. The van der Waals surface area contributed by atoms with Gasteiger partial charge in [0.25, 0.3) is 17.9 Å². The molecule has 2 N–H and O–H groups in total. The zero-order valence-electron chi connectivity index (χ0n) is 32.8. The molecular weight excluding hydrogens is 868 g/mol. The molecule has 326 valence electrons. The molecular formula is C40H36ClF6N9O5S. The van der Waals surface area contributed by atoms with Crippen LogP contribution < -0.4 is 20.3 Å². The number of fused-ring (bicyclic) bond motifs is 5. The van der Waals surface area contributed by atoms with E-state index in [0.29, 0.717) is 23.3 Å². The Morgan fingerprint density at radius 2 is 1.77 bits per heavy atom. The first kappa shape index (κ1) is 41.6. The Morgan fingerprint density at radius 3 is 2.47 bits per heavy atom. The third-order valence-electron chi connectivity index (χ3n) is 11.6. The average Bonchev–Trinajstić information content (AvgIpc) is 3.41. The highest BCUT2D eigenvalue weighted by molar-refractivity contribution is 7.92. The van der Waals surface area contributed by atoms with Crippen molar-refractivity contribution in [1.82, 2.24) is 39.4 Å². The third-order valence-corrected chi connectivity index (χ3v) is 12.5. The number of carbonyl (C=O) groups excluding carboxylic acids is 1. The van der Waals surface area contributed by atoms with Gasteiger partial charge in [-0.25, -0.2) is 31.0 Å². The minimum atomic E-state index is -3.91. The van der Waals surface area contributed by atoms with Crippen LogP contribution in [0.3, 0.4) is 0 Å². The summed E-state index contributed by atoms with van der Waals surface area (Å²) in [6.45, 7) is -0.634. The summed E-state index contributed by atoms with van der Waals surface area (Å²) in [7, 11) is -2.46. The molecule has 2 saturated carbocycles. The Hall–Kier alpha value is -5.70. The van der Waals surface area contributed by atoms with Crippen molar-refractivity contribution >= 4 is 55.3 Å². The Bertz CT molecular complexity index is 2970. The Balaban J connectivity index is 1.22. The first-order chi connectivity index (χ1) is 29.4. The molecule has 3 atom stereocenters. The topological polar surface area (TPSA) is 168 Å². The number of amides is 1. The Kier molecular flexibility index (Phi) is 10.3. The van der Waals surface area contributed by atoms with Gasteiger partial charge >= 0.3 is 0 Å². The third kappa shape index (κ3) is 7.51. The minimum Gasteiger partial charge on any atom is -0.477 e. The van der Waals surface area contributed by atoms with Gasteiger partial charge < -0.3 is 10.1 Å². The Morgan fingerprint density at radius 1 is 1.05 bits per heavy atom. The minimum absolute atomic E-state index is 0.00312. The van der Waals surface area contributed by atoms with Crippen LogP contribution >= 0.6 is 11.6 Å². The maximum Gasteiger partial charge on any atom is 0.293 e. The number of hydrogen-bond acceptors (Lipinski definition) is 9. The monoisotopic (exact) mass is 903 g/mol. The van der Waals surface area contributed by atoms with E-state index >= 15 is 8.78 Å². The summed E-state index contributed by atoms with van der Waals surface area (Å²) in [5.74, 6) is -8.65. The lowest BCUT2D eigenvalue weighted by Gasteiger charge is -2.24. The number of rotatable bonds is 13. The lowest BCUT2D eigenvalue weighted by atomic mass is 10.0. The highest BCUT2D eigenvalue weighted by Crippen LogP contribution is 2.68. The molecule has 22 heteroatoms. The fourth-order valence-electron chi connectivity index (χ4n) is 8.90. The molecule has 62 heavy (non-hydrogen) atoms. The second-order valence-corrected chi connectivity index (χ2v) is 18.2. The highest BCUT2D eigenvalue weighted by atomic mass is 35.5. The van der Waals surface area contributed by atoms with Crippen molar-refractivity contribution in [2.24, 2.45) is 18.9 Å². The summed E-state index contributed by atoms with van der Waals surface area (Å²) in [4.78, 5) is 38.3. The molecule has 9 rings (SSSR count). The smallest absolute Gasteiger partial charge is 0.293 e. The average molecular weight is 904 g/mol. The van der Waals surface area contributed by atoms with Gasteiger partial charge in [0.1, 0.15) is 35.4 Å². The molecule has 2 aromatic carbocycles. The lowest BCUT2D eigenvalue weighted by Crippen LogP contribution is -2.38. The molecule has 2 fully saturated rings. The number of nitrogens with zero attached hydrogens (tertiary/aromatic N) is 7. The largest absolute Gasteiger partial charge is 0.477 e. The number of halogens is 7. The van der Waals surface area contributed by atoms with E-state index in [-0.39, 0.29) is 67.7 Å². The molecule has 3 aliphatic carbocycles. The van der Waals surface area contributed by atoms with E-state index in [9.17, 15) is 35.6 Å². The predicted molar refractivity (Wildman–Crippen MR) is 213 cm³/mol. The summed E-state index contributed by atoms with van der Waals surface area (Å²) in [5.41, 5.74) is -2.79. The van der Waals surface area contributed by atoms with Crippen LogP contribution in [-0.4, -0.2) is 61.3 Å². The van der Waals surface area contributed by atoms with E-state index in [0.717, 1.165) is 48.6 Å². The number of anilines is 1. The van der Waals surface area contributed by atoms with Crippen LogP contribution in [-0.2, 0) is 40.8 Å². The molecule has 6 aromatic rings. The molecule has 3 aliphatic rings. The number of aromatic nitrogens is 7. The van der Waals surface area contributed by atoms with Gasteiger partial charge in [-0.05, 0) is 67.0 Å². The summed E-state index contributed by atoms with van der Waals surface area (Å²) >= 11 is 6.62. The molecule has 0 bridgehead atoms. The molecule has 0 spiro atoms. The van der Waals surface area contributed by atoms with Crippen molar-refractivity contribution in [2.45, 2.75) is 69.4 Å². The highest BCUT2D eigenvalue weighted by Gasteiger charge is 2.67. The van der Waals surface area contributed by atoms with Crippen LogP contribution in [0.1, 0.15) is 78.8 Å². The van der Waals surface area contributed by atoms with Crippen molar-refractivity contribution in [3.63, 3.8) is 0 Å². The van der Waals surface area contributed by atoms with Crippen LogP contribution in [0, 0.1) is 23.5 Å². The quantitative estimate of drug-likeness (QED) is 0.116. The van der Waals surface area contributed by atoms with Gasteiger partial charge in [0.05, 0.1) is 45.9 Å². The van der Waals surface area contributed by atoms with Gasteiger partial charge in [-0.1, -0.05) is 24.4 Å². The SMILES string of the molecule is Cn1nc(NS(C)(=O)=O)c2c(Cl)ccc(-n3c([C@H](Cc4cc(F)cc(F)c4)NC(=O)Cn4nc(C(F)F)c5c4C(F)(F)[C@@H]4C[C@H]54)nc4nc(OCC5CCCC5)ccc4c3=O)c21. The zero-order chi connectivity index (χ0) is 44.0.